The number of anilines is 1. The minimum Gasteiger partial charge on any atom is -0.406 e. The van der Waals surface area contributed by atoms with Crippen molar-refractivity contribution in [1.29, 1.82) is 0 Å². The molecule has 0 aliphatic carbocycles. The number of halogens is 3. The lowest BCUT2D eigenvalue weighted by molar-refractivity contribution is -0.274. The molecule has 0 aliphatic heterocycles. The van der Waals surface area contributed by atoms with E-state index in [-0.39, 0.29) is 11.7 Å². The molecule has 5 nitrogen and oxygen atoms in total. The molecule has 0 spiro atoms. The van der Waals surface area contributed by atoms with Crippen LogP contribution in [-0.2, 0) is 0 Å². The van der Waals surface area contributed by atoms with Crippen molar-refractivity contribution in [3.8, 4) is 5.75 Å². The van der Waals surface area contributed by atoms with Crippen LogP contribution in [0, 0.1) is 6.92 Å². The van der Waals surface area contributed by atoms with E-state index in [9.17, 15) is 18.0 Å². The molecule has 0 radical (unpaired) electrons. The van der Waals surface area contributed by atoms with E-state index >= 15 is 0 Å². The Morgan fingerprint density at radius 3 is 2.39 bits per heavy atom. The smallest absolute Gasteiger partial charge is 0.406 e. The molecule has 1 N–H and O–H groups in total. The van der Waals surface area contributed by atoms with Gasteiger partial charge in [-0.1, -0.05) is 19.0 Å². The van der Waals surface area contributed by atoms with Crippen LogP contribution in [0.2, 0.25) is 0 Å². The van der Waals surface area contributed by atoms with E-state index in [1.807, 2.05) is 13.8 Å². The maximum Gasteiger partial charge on any atom is 0.573 e. The number of rotatable bonds is 4. The molecule has 1 heterocycles. The molecule has 0 aliphatic rings. The van der Waals surface area contributed by atoms with Crippen molar-refractivity contribution < 1.29 is 27.2 Å². The summed E-state index contributed by atoms with van der Waals surface area (Å²) in [7, 11) is 0. The fraction of sp³-hybridized carbons (Fsp3) is 0.333. The third-order valence-corrected chi connectivity index (χ3v) is 2.99. The Kier molecular flexibility index (Phi) is 4.63. The van der Waals surface area contributed by atoms with Gasteiger partial charge in [-0.05, 0) is 31.2 Å². The number of ether oxygens (including phenoxy) is 1. The van der Waals surface area contributed by atoms with E-state index in [0.717, 1.165) is 12.1 Å². The Hall–Kier alpha value is -2.51. The fourth-order valence-corrected chi connectivity index (χ4v) is 1.99. The summed E-state index contributed by atoms with van der Waals surface area (Å²) in [6.45, 7) is 5.37. The minimum absolute atomic E-state index is 0.0282. The van der Waals surface area contributed by atoms with Crippen LogP contribution in [0.5, 0.6) is 5.75 Å². The maximum absolute atomic E-state index is 12.3. The molecule has 8 heteroatoms. The van der Waals surface area contributed by atoms with Crippen molar-refractivity contribution in [3.05, 3.63) is 41.3 Å². The van der Waals surface area contributed by atoms with Gasteiger partial charge in [0.1, 0.15) is 11.3 Å². The molecule has 1 amide bonds. The van der Waals surface area contributed by atoms with Gasteiger partial charge in [-0.25, -0.2) is 0 Å². The van der Waals surface area contributed by atoms with Gasteiger partial charge < -0.3 is 14.6 Å². The van der Waals surface area contributed by atoms with E-state index in [1.165, 1.54) is 12.1 Å². The van der Waals surface area contributed by atoms with Crippen LogP contribution < -0.4 is 10.1 Å². The third-order valence-electron chi connectivity index (χ3n) is 2.99. The summed E-state index contributed by atoms with van der Waals surface area (Å²) < 4.78 is 45.2. The van der Waals surface area contributed by atoms with Crippen molar-refractivity contribution in [2.75, 3.05) is 5.32 Å². The fourth-order valence-electron chi connectivity index (χ4n) is 1.99. The lowest BCUT2D eigenvalue weighted by Crippen LogP contribution is -2.17. The number of carbonyl (C=O) groups is 1. The van der Waals surface area contributed by atoms with E-state index < -0.39 is 12.3 Å². The number of carbonyl (C=O) groups excluding carboxylic acids is 1. The first-order valence-corrected chi connectivity index (χ1v) is 6.80. The van der Waals surface area contributed by atoms with Gasteiger partial charge in [0.05, 0.1) is 5.69 Å². The number of nitrogens with zero attached hydrogens (tertiary/aromatic N) is 1. The Balaban J connectivity index is 2.14. The average molecular weight is 328 g/mol. The molecule has 2 aromatic rings. The summed E-state index contributed by atoms with van der Waals surface area (Å²) in [5, 5.41) is 6.37. The minimum atomic E-state index is -4.75. The average Bonchev–Trinajstić information content (AvgIpc) is 2.81. The van der Waals surface area contributed by atoms with Crippen LogP contribution in [0.25, 0.3) is 0 Å². The Bertz CT molecular complexity index is 691. The molecule has 0 saturated carbocycles. The van der Waals surface area contributed by atoms with Gasteiger partial charge in [0.25, 0.3) is 5.91 Å². The van der Waals surface area contributed by atoms with Crippen molar-refractivity contribution in [2.45, 2.75) is 33.1 Å². The van der Waals surface area contributed by atoms with Gasteiger partial charge in [0.2, 0.25) is 0 Å². The van der Waals surface area contributed by atoms with Crippen LogP contribution in [-0.4, -0.2) is 17.4 Å². The zero-order chi connectivity index (χ0) is 17.2. The zero-order valence-electron chi connectivity index (χ0n) is 12.7. The highest BCUT2D eigenvalue weighted by Crippen LogP contribution is 2.26. The molecule has 23 heavy (non-hydrogen) atoms. The topological polar surface area (TPSA) is 64.4 Å². The molecule has 124 valence electrons. The largest absolute Gasteiger partial charge is 0.573 e. The van der Waals surface area contributed by atoms with Crippen LogP contribution in [0.15, 0.2) is 28.8 Å². The molecule has 0 fully saturated rings. The predicted octanol–water partition coefficient (Wildman–Crippen LogP) is 4.26. The number of hydrogen-bond donors (Lipinski definition) is 1. The predicted molar refractivity (Wildman–Crippen MR) is 76.4 cm³/mol. The summed E-state index contributed by atoms with van der Waals surface area (Å²) in [6, 6.07) is 4.87. The normalized spacial score (nSPS) is 11.6. The number of amides is 1. The lowest BCUT2D eigenvalue weighted by atomic mass is 10.0. The van der Waals surface area contributed by atoms with Gasteiger partial charge in [-0.2, -0.15) is 0 Å². The van der Waals surface area contributed by atoms with Crippen molar-refractivity contribution in [3.63, 3.8) is 0 Å². The van der Waals surface area contributed by atoms with E-state index in [1.54, 1.807) is 6.92 Å². The summed E-state index contributed by atoms with van der Waals surface area (Å²) in [6.07, 6.45) is -4.75. The highest BCUT2D eigenvalue weighted by Gasteiger charge is 2.31. The molecular weight excluding hydrogens is 313 g/mol. The highest BCUT2D eigenvalue weighted by atomic mass is 19.4. The summed E-state index contributed by atoms with van der Waals surface area (Å²) in [5.74, 6) is -0.368. The lowest BCUT2D eigenvalue weighted by Gasteiger charge is -2.10. The monoisotopic (exact) mass is 328 g/mol. The number of nitrogens with one attached hydrogen (secondary N) is 1. The number of benzene rings is 1. The summed E-state index contributed by atoms with van der Waals surface area (Å²) in [5.41, 5.74) is 1.11. The first-order chi connectivity index (χ1) is 10.7. The highest BCUT2D eigenvalue weighted by molar-refractivity contribution is 6.05. The number of alkyl halides is 3. The molecule has 2 rings (SSSR count). The van der Waals surface area contributed by atoms with Gasteiger partial charge in [-0.3, -0.25) is 4.79 Å². The summed E-state index contributed by atoms with van der Waals surface area (Å²) >= 11 is 0. The molecular formula is C15H15F3N2O3. The second kappa shape index (κ2) is 6.31. The maximum atomic E-state index is 12.3. The Morgan fingerprint density at radius 2 is 1.87 bits per heavy atom. The summed E-state index contributed by atoms with van der Waals surface area (Å²) in [4.78, 5) is 12.3. The second-order valence-electron chi connectivity index (χ2n) is 5.19. The van der Waals surface area contributed by atoms with E-state index in [2.05, 4.69) is 15.2 Å². The SMILES string of the molecule is Cc1noc(C(C)C)c1C(=O)Nc1ccc(OC(F)(F)F)cc1. The van der Waals surface area contributed by atoms with Crippen LogP contribution in [0.4, 0.5) is 18.9 Å². The van der Waals surface area contributed by atoms with E-state index in [4.69, 9.17) is 4.52 Å². The number of aryl methyl sites for hydroxylation is 1. The standard InChI is InChI=1S/C15H15F3N2O3/c1-8(2)13-12(9(3)20-23-13)14(21)19-10-4-6-11(7-5-10)22-15(16,17)18/h4-8H,1-3H3,(H,19,21). The molecule has 1 aromatic carbocycles. The number of hydrogen-bond acceptors (Lipinski definition) is 4. The van der Waals surface area contributed by atoms with Gasteiger partial charge >= 0.3 is 6.36 Å². The number of aromatic nitrogens is 1. The van der Waals surface area contributed by atoms with E-state index in [0.29, 0.717) is 22.7 Å². The van der Waals surface area contributed by atoms with Crippen molar-refractivity contribution in [2.24, 2.45) is 0 Å². The van der Waals surface area contributed by atoms with Gasteiger partial charge in [0, 0.05) is 11.6 Å². The Labute approximate surface area is 130 Å². The second-order valence-corrected chi connectivity index (χ2v) is 5.19. The van der Waals surface area contributed by atoms with Crippen LogP contribution in [0.3, 0.4) is 0 Å². The van der Waals surface area contributed by atoms with Crippen molar-refractivity contribution in [1.82, 2.24) is 5.16 Å². The first kappa shape index (κ1) is 16.9. The van der Waals surface area contributed by atoms with Crippen molar-refractivity contribution >= 4 is 11.6 Å². The molecule has 1 aromatic heterocycles. The first-order valence-electron chi connectivity index (χ1n) is 6.80. The quantitative estimate of drug-likeness (QED) is 0.911. The molecule has 0 bridgehead atoms. The molecule has 0 unspecified atom stereocenters. The third kappa shape index (κ3) is 4.24. The molecule has 0 saturated heterocycles. The van der Waals surface area contributed by atoms with Gasteiger partial charge in [0.15, 0.2) is 5.76 Å². The van der Waals surface area contributed by atoms with Crippen LogP contribution in [0.1, 0.15) is 41.6 Å². The van der Waals surface area contributed by atoms with Crippen LogP contribution >= 0.6 is 0 Å². The van der Waals surface area contributed by atoms with Gasteiger partial charge in [-0.15, -0.1) is 13.2 Å². The zero-order valence-corrected chi connectivity index (χ0v) is 12.7. The Morgan fingerprint density at radius 1 is 1.26 bits per heavy atom. The molecule has 0 atom stereocenters.